The number of nitrogens with zero attached hydrogens (tertiary/aromatic N) is 1. The minimum absolute atomic E-state index is 0.283. The van der Waals surface area contributed by atoms with E-state index in [1.807, 2.05) is 0 Å². The number of ether oxygens (including phenoxy) is 5. The lowest BCUT2D eigenvalue weighted by atomic mass is 9.72. The minimum Gasteiger partial charge on any atom is -0.493 e. The van der Waals surface area contributed by atoms with Gasteiger partial charge in [-0.2, -0.15) is 0 Å². The number of hydrogen-bond donors (Lipinski definition) is 0. The second-order valence-electron chi connectivity index (χ2n) is 9.67. The molecule has 0 aromatic heterocycles. The average molecular weight is 468 g/mol. The standard InChI is InChI=1S/C28H37NO5/c1-30-22-14-18-11-12-29-21(20(18)16-23(22)31-2)13-19-15-24(32-3)27(33-4)28(34-5)25(19)26(29)17-9-7-6-8-10-17/h14-17,21,26H,6-13H2,1-5H3/t21-,26-/m0/s1. The molecule has 3 aliphatic rings. The van der Waals surface area contributed by atoms with Crippen molar-refractivity contribution in [3.63, 3.8) is 0 Å². The maximum absolute atomic E-state index is 6.05. The van der Waals surface area contributed by atoms with Gasteiger partial charge in [0.05, 0.1) is 35.5 Å². The third kappa shape index (κ3) is 3.67. The zero-order valence-electron chi connectivity index (χ0n) is 21.1. The van der Waals surface area contributed by atoms with Gasteiger partial charge >= 0.3 is 0 Å². The summed E-state index contributed by atoms with van der Waals surface area (Å²) in [7, 11) is 8.58. The van der Waals surface area contributed by atoms with Gasteiger partial charge in [0.25, 0.3) is 0 Å². The first-order valence-corrected chi connectivity index (χ1v) is 12.5. The smallest absolute Gasteiger partial charge is 0.203 e. The van der Waals surface area contributed by atoms with Crippen molar-refractivity contribution in [2.75, 3.05) is 42.1 Å². The molecular weight excluding hydrogens is 430 g/mol. The molecule has 2 atom stereocenters. The first kappa shape index (κ1) is 23.2. The predicted octanol–water partition coefficient (Wildman–Crippen LogP) is 5.51. The molecule has 0 unspecified atom stereocenters. The number of hydrogen-bond acceptors (Lipinski definition) is 6. The van der Waals surface area contributed by atoms with Crippen LogP contribution in [0.5, 0.6) is 28.7 Å². The molecule has 0 spiro atoms. The molecule has 6 nitrogen and oxygen atoms in total. The van der Waals surface area contributed by atoms with Crippen molar-refractivity contribution in [3.8, 4) is 28.7 Å². The Labute approximate surface area is 203 Å². The molecule has 2 aliphatic heterocycles. The van der Waals surface area contributed by atoms with Gasteiger partial charge in [0.1, 0.15) is 0 Å². The SMILES string of the molecule is COc1cc2c(cc1OC)[C@@H]1Cc3cc(OC)c(OC)c(OC)c3[C@H](C3CCCCC3)N1CC2. The predicted molar refractivity (Wildman–Crippen MR) is 132 cm³/mol. The van der Waals surface area contributed by atoms with Crippen molar-refractivity contribution in [1.29, 1.82) is 0 Å². The van der Waals surface area contributed by atoms with Crippen LogP contribution in [0, 0.1) is 5.92 Å². The van der Waals surface area contributed by atoms with E-state index in [9.17, 15) is 0 Å². The van der Waals surface area contributed by atoms with E-state index in [-0.39, 0.29) is 6.04 Å². The summed E-state index contributed by atoms with van der Waals surface area (Å²) in [5, 5.41) is 0. The molecule has 5 rings (SSSR count). The highest BCUT2D eigenvalue weighted by Gasteiger charge is 2.45. The Morgan fingerprint density at radius 3 is 2.00 bits per heavy atom. The summed E-state index contributed by atoms with van der Waals surface area (Å²) in [6.07, 6.45) is 8.34. The van der Waals surface area contributed by atoms with Crippen LogP contribution < -0.4 is 23.7 Å². The normalized spacial score (nSPS) is 22.3. The van der Waals surface area contributed by atoms with E-state index >= 15 is 0 Å². The molecule has 0 bridgehead atoms. The highest BCUT2D eigenvalue weighted by molar-refractivity contribution is 5.62. The van der Waals surface area contributed by atoms with Gasteiger partial charge in [0.2, 0.25) is 5.75 Å². The largest absolute Gasteiger partial charge is 0.493 e. The van der Waals surface area contributed by atoms with E-state index in [0.29, 0.717) is 17.7 Å². The molecule has 2 aromatic rings. The molecule has 2 heterocycles. The molecule has 1 fully saturated rings. The molecule has 2 aromatic carbocycles. The van der Waals surface area contributed by atoms with Gasteiger partial charge in [-0.15, -0.1) is 0 Å². The summed E-state index contributed by atoms with van der Waals surface area (Å²) < 4.78 is 28.9. The van der Waals surface area contributed by atoms with Crippen LogP contribution in [0.3, 0.4) is 0 Å². The fraction of sp³-hybridized carbons (Fsp3) is 0.571. The van der Waals surface area contributed by atoms with Gasteiger partial charge < -0.3 is 23.7 Å². The maximum atomic E-state index is 6.05. The molecular formula is C28H37NO5. The molecule has 0 amide bonds. The van der Waals surface area contributed by atoms with E-state index in [1.54, 1.807) is 35.5 Å². The average Bonchev–Trinajstić information content (AvgIpc) is 2.89. The monoisotopic (exact) mass is 467 g/mol. The van der Waals surface area contributed by atoms with Crippen LogP contribution >= 0.6 is 0 Å². The Morgan fingerprint density at radius 1 is 0.706 bits per heavy atom. The van der Waals surface area contributed by atoms with Crippen molar-refractivity contribution < 1.29 is 23.7 Å². The fourth-order valence-corrected chi connectivity index (χ4v) is 6.66. The van der Waals surface area contributed by atoms with Crippen LogP contribution in [0.15, 0.2) is 18.2 Å². The van der Waals surface area contributed by atoms with Gasteiger partial charge in [-0.25, -0.2) is 0 Å². The molecule has 0 saturated heterocycles. The fourth-order valence-electron chi connectivity index (χ4n) is 6.66. The first-order valence-electron chi connectivity index (χ1n) is 12.5. The second-order valence-corrected chi connectivity index (χ2v) is 9.67. The molecule has 0 radical (unpaired) electrons. The van der Waals surface area contributed by atoms with Gasteiger partial charge in [-0.1, -0.05) is 19.3 Å². The van der Waals surface area contributed by atoms with E-state index in [2.05, 4.69) is 23.1 Å². The van der Waals surface area contributed by atoms with Crippen molar-refractivity contribution in [2.24, 2.45) is 5.92 Å². The van der Waals surface area contributed by atoms with Crippen molar-refractivity contribution >= 4 is 0 Å². The molecule has 1 saturated carbocycles. The first-order chi connectivity index (χ1) is 16.6. The Hall–Kier alpha value is -2.60. The highest BCUT2D eigenvalue weighted by atomic mass is 16.5. The lowest BCUT2D eigenvalue weighted by Gasteiger charge is -2.50. The Balaban J connectivity index is 1.69. The molecule has 0 N–H and O–H groups in total. The number of fused-ring (bicyclic) bond motifs is 4. The van der Waals surface area contributed by atoms with Crippen molar-refractivity contribution in [1.82, 2.24) is 4.90 Å². The summed E-state index contributed by atoms with van der Waals surface area (Å²) in [4.78, 5) is 2.74. The van der Waals surface area contributed by atoms with Crippen LogP contribution in [0.25, 0.3) is 0 Å². The topological polar surface area (TPSA) is 49.4 Å². The quantitative estimate of drug-likeness (QED) is 0.559. The molecule has 6 heteroatoms. The van der Waals surface area contributed by atoms with Gasteiger partial charge in [0.15, 0.2) is 23.0 Å². The molecule has 1 aliphatic carbocycles. The van der Waals surface area contributed by atoms with Crippen LogP contribution in [0.1, 0.15) is 66.4 Å². The summed E-state index contributed by atoms with van der Waals surface area (Å²) in [5.41, 5.74) is 5.31. The van der Waals surface area contributed by atoms with Gasteiger partial charge in [0, 0.05) is 24.2 Å². The summed E-state index contributed by atoms with van der Waals surface area (Å²) in [6, 6.07) is 7.13. The van der Waals surface area contributed by atoms with Crippen molar-refractivity contribution in [2.45, 2.75) is 57.0 Å². The Bertz CT molecular complexity index is 1050. The maximum Gasteiger partial charge on any atom is 0.203 e. The number of rotatable bonds is 6. The van der Waals surface area contributed by atoms with Crippen LogP contribution in [-0.2, 0) is 12.8 Å². The summed E-state index contributed by atoms with van der Waals surface area (Å²) >= 11 is 0. The van der Waals surface area contributed by atoms with E-state index in [0.717, 1.165) is 42.4 Å². The lowest BCUT2D eigenvalue weighted by Crippen LogP contribution is -2.45. The zero-order valence-corrected chi connectivity index (χ0v) is 21.1. The van der Waals surface area contributed by atoms with E-state index in [1.165, 1.54) is 54.4 Å². The molecule has 34 heavy (non-hydrogen) atoms. The number of methoxy groups -OCH3 is 5. The van der Waals surface area contributed by atoms with Crippen molar-refractivity contribution in [3.05, 3.63) is 40.5 Å². The summed E-state index contributed by atoms with van der Waals surface area (Å²) in [6.45, 7) is 1.02. The van der Waals surface area contributed by atoms with Crippen LogP contribution in [-0.4, -0.2) is 47.0 Å². The third-order valence-electron chi connectivity index (χ3n) is 8.16. The third-order valence-corrected chi connectivity index (χ3v) is 8.16. The minimum atomic E-state index is 0.283. The lowest BCUT2D eigenvalue weighted by molar-refractivity contribution is 0.0508. The van der Waals surface area contributed by atoms with E-state index < -0.39 is 0 Å². The highest BCUT2D eigenvalue weighted by Crippen LogP contribution is 2.56. The van der Waals surface area contributed by atoms with E-state index in [4.69, 9.17) is 23.7 Å². The summed E-state index contributed by atoms with van der Waals surface area (Å²) in [5.74, 6) is 4.48. The van der Waals surface area contributed by atoms with Gasteiger partial charge in [-0.05, 0) is 66.5 Å². The number of benzene rings is 2. The van der Waals surface area contributed by atoms with Crippen LogP contribution in [0.2, 0.25) is 0 Å². The van der Waals surface area contributed by atoms with Crippen LogP contribution in [0.4, 0.5) is 0 Å². The Kier molecular flexibility index (Phi) is 6.52. The Morgan fingerprint density at radius 2 is 1.35 bits per heavy atom. The van der Waals surface area contributed by atoms with Gasteiger partial charge in [-0.3, -0.25) is 4.90 Å². The second kappa shape index (κ2) is 9.57. The molecule has 184 valence electrons. The zero-order chi connectivity index (χ0) is 23.8.